The molecule has 0 saturated carbocycles. The van der Waals surface area contributed by atoms with Crippen LogP contribution in [-0.2, 0) is 11.3 Å². The maximum absolute atomic E-state index is 12.3. The standard InChI is InChI=1S/C17H26N2O/c1-3-16(4-2)17(20)19-12-10-18(11-13-19)14-15-8-6-5-7-9-15/h5-9,16H,3-4,10-14H2,1-2H3. The molecule has 1 aliphatic rings. The third-order valence-electron chi connectivity index (χ3n) is 4.27. The highest BCUT2D eigenvalue weighted by Gasteiger charge is 2.25. The van der Waals surface area contributed by atoms with Gasteiger partial charge in [-0.15, -0.1) is 0 Å². The fourth-order valence-electron chi connectivity index (χ4n) is 2.86. The minimum Gasteiger partial charge on any atom is -0.340 e. The van der Waals surface area contributed by atoms with Crippen LogP contribution in [0.15, 0.2) is 30.3 Å². The lowest BCUT2D eigenvalue weighted by atomic mass is 10.0. The molecule has 0 aromatic heterocycles. The summed E-state index contributed by atoms with van der Waals surface area (Å²) in [5.41, 5.74) is 1.35. The summed E-state index contributed by atoms with van der Waals surface area (Å²) >= 11 is 0. The molecular weight excluding hydrogens is 248 g/mol. The Labute approximate surface area is 122 Å². The number of amides is 1. The fraction of sp³-hybridized carbons (Fsp3) is 0.588. The smallest absolute Gasteiger partial charge is 0.225 e. The van der Waals surface area contributed by atoms with Crippen LogP contribution in [0.3, 0.4) is 0 Å². The summed E-state index contributed by atoms with van der Waals surface area (Å²) in [5, 5.41) is 0. The van der Waals surface area contributed by atoms with E-state index in [0.717, 1.165) is 45.6 Å². The second-order valence-electron chi connectivity index (χ2n) is 5.60. The summed E-state index contributed by atoms with van der Waals surface area (Å²) < 4.78 is 0. The van der Waals surface area contributed by atoms with E-state index in [2.05, 4.69) is 54.0 Å². The second kappa shape index (κ2) is 7.44. The quantitative estimate of drug-likeness (QED) is 0.824. The van der Waals surface area contributed by atoms with Gasteiger partial charge in [0.15, 0.2) is 0 Å². The molecule has 1 heterocycles. The average molecular weight is 274 g/mol. The molecule has 1 aromatic rings. The van der Waals surface area contributed by atoms with Gasteiger partial charge in [-0.1, -0.05) is 44.2 Å². The topological polar surface area (TPSA) is 23.6 Å². The van der Waals surface area contributed by atoms with Crippen molar-refractivity contribution >= 4 is 5.91 Å². The summed E-state index contributed by atoms with van der Waals surface area (Å²) in [6.45, 7) is 8.94. The van der Waals surface area contributed by atoms with Crippen LogP contribution in [-0.4, -0.2) is 41.9 Å². The van der Waals surface area contributed by atoms with Gasteiger partial charge in [0, 0.05) is 38.6 Å². The van der Waals surface area contributed by atoms with Crippen molar-refractivity contribution in [2.45, 2.75) is 33.2 Å². The minimum atomic E-state index is 0.218. The van der Waals surface area contributed by atoms with Crippen molar-refractivity contribution in [2.24, 2.45) is 5.92 Å². The van der Waals surface area contributed by atoms with Gasteiger partial charge in [-0.2, -0.15) is 0 Å². The van der Waals surface area contributed by atoms with Crippen molar-refractivity contribution in [3.8, 4) is 0 Å². The largest absolute Gasteiger partial charge is 0.340 e. The average Bonchev–Trinajstić information content (AvgIpc) is 2.50. The Kier molecular flexibility index (Phi) is 5.60. The molecule has 1 aliphatic heterocycles. The zero-order chi connectivity index (χ0) is 14.4. The van der Waals surface area contributed by atoms with E-state index in [1.807, 2.05) is 0 Å². The predicted molar refractivity (Wildman–Crippen MR) is 82.4 cm³/mol. The Morgan fingerprint density at radius 3 is 2.20 bits per heavy atom. The first-order valence-electron chi connectivity index (χ1n) is 7.79. The lowest BCUT2D eigenvalue weighted by Crippen LogP contribution is -2.49. The van der Waals surface area contributed by atoms with Crippen molar-refractivity contribution in [2.75, 3.05) is 26.2 Å². The zero-order valence-electron chi connectivity index (χ0n) is 12.7. The van der Waals surface area contributed by atoms with E-state index in [1.165, 1.54) is 5.56 Å². The molecular formula is C17H26N2O. The lowest BCUT2D eigenvalue weighted by Gasteiger charge is -2.36. The SMILES string of the molecule is CCC(CC)C(=O)N1CCN(Cc2ccccc2)CC1. The number of nitrogens with zero attached hydrogens (tertiary/aromatic N) is 2. The maximum Gasteiger partial charge on any atom is 0.225 e. The first-order valence-corrected chi connectivity index (χ1v) is 7.79. The van der Waals surface area contributed by atoms with E-state index in [4.69, 9.17) is 0 Å². The van der Waals surface area contributed by atoms with Crippen molar-refractivity contribution in [1.29, 1.82) is 0 Å². The van der Waals surface area contributed by atoms with Crippen LogP contribution in [0, 0.1) is 5.92 Å². The zero-order valence-corrected chi connectivity index (χ0v) is 12.7. The number of benzene rings is 1. The van der Waals surface area contributed by atoms with Crippen LogP contribution in [0.4, 0.5) is 0 Å². The van der Waals surface area contributed by atoms with E-state index < -0.39 is 0 Å². The van der Waals surface area contributed by atoms with Gasteiger partial charge in [0.05, 0.1) is 0 Å². The molecule has 0 bridgehead atoms. The Bertz CT molecular complexity index is 406. The Morgan fingerprint density at radius 1 is 1.05 bits per heavy atom. The molecule has 1 saturated heterocycles. The van der Waals surface area contributed by atoms with E-state index in [-0.39, 0.29) is 5.92 Å². The van der Waals surface area contributed by atoms with Gasteiger partial charge in [0.2, 0.25) is 5.91 Å². The van der Waals surface area contributed by atoms with Crippen molar-refractivity contribution in [3.05, 3.63) is 35.9 Å². The molecule has 1 amide bonds. The number of carbonyl (C=O) groups excluding carboxylic acids is 1. The normalized spacial score (nSPS) is 16.6. The number of hydrogen-bond donors (Lipinski definition) is 0. The van der Waals surface area contributed by atoms with Crippen LogP contribution in [0.25, 0.3) is 0 Å². The molecule has 1 aromatic carbocycles. The Hall–Kier alpha value is -1.35. The molecule has 1 fully saturated rings. The monoisotopic (exact) mass is 274 g/mol. The number of piperazine rings is 1. The number of hydrogen-bond acceptors (Lipinski definition) is 2. The molecule has 20 heavy (non-hydrogen) atoms. The number of carbonyl (C=O) groups is 1. The van der Waals surface area contributed by atoms with Crippen LogP contribution in [0.5, 0.6) is 0 Å². The molecule has 0 atom stereocenters. The van der Waals surface area contributed by atoms with Crippen LogP contribution >= 0.6 is 0 Å². The van der Waals surface area contributed by atoms with Gasteiger partial charge in [0.25, 0.3) is 0 Å². The summed E-state index contributed by atoms with van der Waals surface area (Å²) in [4.78, 5) is 16.8. The maximum atomic E-state index is 12.3. The van der Waals surface area contributed by atoms with E-state index >= 15 is 0 Å². The molecule has 2 rings (SSSR count). The summed E-state index contributed by atoms with van der Waals surface area (Å²) in [5.74, 6) is 0.574. The predicted octanol–water partition coefficient (Wildman–Crippen LogP) is 2.77. The highest BCUT2D eigenvalue weighted by Crippen LogP contribution is 2.15. The van der Waals surface area contributed by atoms with Gasteiger partial charge >= 0.3 is 0 Å². The molecule has 0 radical (unpaired) electrons. The lowest BCUT2D eigenvalue weighted by molar-refractivity contribution is -0.137. The van der Waals surface area contributed by atoms with Gasteiger partial charge in [-0.3, -0.25) is 9.69 Å². The summed E-state index contributed by atoms with van der Waals surface area (Å²) in [7, 11) is 0. The van der Waals surface area contributed by atoms with Crippen molar-refractivity contribution in [1.82, 2.24) is 9.80 Å². The van der Waals surface area contributed by atoms with Crippen molar-refractivity contribution in [3.63, 3.8) is 0 Å². The second-order valence-corrected chi connectivity index (χ2v) is 5.60. The Balaban J connectivity index is 1.82. The van der Waals surface area contributed by atoms with Crippen LogP contribution < -0.4 is 0 Å². The van der Waals surface area contributed by atoms with Gasteiger partial charge < -0.3 is 4.90 Å². The van der Waals surface area contributed by atoms with Crippen LogP contribution in [0.1, 0.15) is 32.3 Å². The summed E-state index contributed by atoms with van der Waals surface area (Å²) in [6.07, 6.45) is 1.92. The Morgan fingerprint density at radius 2 is 1.65 bits per heavy atom. The molecule has 0 aliphatic carbocycles. The van der Waals surface area contributed by atoms with E-state index in [1.54, 1.807) is 0 Å². The van der Waals surface area contributed by atoms with E-state index in [9.17, 15) is 4.79 Å². The molecule has 110 valence electrons. The molecule has 0 spiro atoms. The molecule has 3 nitrogen and oxygen atoms in total. The van der Waals surface area contributed by atoms with Crippen molar-refractivity contribution < 1.29 is 4.79 Å². The highest BCUT2D eigenvalue weighted by molar-refractivity contribution is 5.78. The summed E-state index contributed by atoms with van der Waals surface area (Å²) in [6, 6.07) is 10.6. The first-order chi connectivity index (χ1) is 9.74. The third-order valence-corrected chi connectivity index (χ3v) is 4.27. The van der Waals surface area contributed by atoms with E-state index in [0.29, 0.717) is 5.91 Å². The highest BCUT2D eigenvalue weighted by atomic mass is 16.2. The third kappa shape index (κ3) is 3.83. The minimum absolute atomic E-state index is 0.218. The van der Waals surface area contributed by atoms with Crippen LogP contribution in [0.2, 0.25) is 0 Å². The molecule has 0 N–H and O–H groups in total. The van der Waals surface area contributed by atoms with Gasteiger partial charge in [0.1, 0.15) is 0 Å². The fourth-order valence-corrected chi connectivity index (χ4v) is 2.86. The molecule has 3 heteroatoms. The first kappa shape index (κ1) is 15.0. The van der Waals surface area contributed by atoms with Gasteiger partial charge in [-0.05, 0) is 18.4 Å². The van der Waals surface area contributed by atoms with Gasteiger partial charge in [-0.25, -0.2) is 0 Å². The molecule has 0 unspecified atom stereocenters. The number of rotatable bonds is 5.